The SMILES string of the molecule is CCCCNC(=O)[C@@H](C)N(Cc1ccc(Br)cc1)C(=O)CN(c1ccc2c(c1)OCO2)S(C)(=O)=O. The fraction of sp³-hybridized carbons (Fsp3) is 0.417. The number of nitrogens with zero attached hydrogens (tertiary/aromatic N) is 2. The number of anilines is 1. The Morgan fingerprint density at radius 2 is 1.80 bits per heavy atom. The molecule has 2 amide bonds. The van der Waals surface area contributed by atoms with Crippen molar-refractivity contribution in [3.05, 3.63) is 52.5 Å². The number of carbonyl (C=O) groups is 2. The first-order valence-corrected chi connectivity index (χ1v) is 13.9. The Morgan fingerprint density at radius 1 is 1.11 bits per heavy atom. The Labute approximate surface area is 214 Å². The van der Waals surface area contributed by atoms with Gasteiger partial charge in [-0.05, 0) is 43.2 Å². The lowest BCUT2D eigenvalue weighted by Crippen LogP contribution is -2.51. The van der Waals surface area contributed by atoms with Crippen molar-refractivity contribution in [1.29, 1.82) is 0 Å². The van der Waals surface area contributed by atoms with Crippen molar-refractivity contribution in [3.63, 3.8) is 0 Å². The van der Waals surface area contributed by atoms with E-state index in [-0.39, 0.29) is 24.9 Å². The van der Waals surface area contributed by atoms with Gasteiger partial charge in [-0.25, -0.2) is 8.42 Å². The van der Waals surface area contributed by atoms with Crippen molar-refractivity contribution in [2.24, 2.45) is 0 Å². The van der Waals surface area contributed by atoms with Gasteiger partial charge in [0.25, 0.3) is 0 Å². The zero-order valence-corrected chi connectivity index (χ0v) is 22.4. The second kappa shape index (κ2) is 11.8. The molecule has 2 aromatic rings. The zero-order chi connectivity index (χ0) is 25.6. The summed E-state index contributed by atoms with van der Waals surface area (Å²) in [6, 6.07) is 11.3. The monoisotopic (exact) mass is 567 g/mol. The van der Waals surface area contributed by atoms with E-state index in [2.05, 4.69) is 21.2 Å². The molecular weight excluding hydrogens is 538 g/mol. The van der Waals surface area contributed by atoms with Gasteiger partial charge in [0.2, 0.25) is 28.6 Å². The van der Waals surface area contributed by atoms with Crippen LogP contribution in [0.25, 0.3) is 0 Å². The summed E-state index contributed by atoms with van der Waals surface area (Å²) >= 11 is 3.39. The maximum atomic E-state index is 13.5. The standard InChI is InChI=1S/C24H30BrN3O6S/c1-4-5-12-26-24(30)17(2)27(14-18-6-8-19(25)9-7-18)23(29)15-28(35(3,31)32)20-10-11-21-22(13-20)34-16-33-21/h6-11,13,17H,4-5,12,14-16H2,1-3H3,(H,26,30)/t17-/m1/s1. The predicted molar refractivity (Wildman–Crippen MR) is 137 cm³/mol. The fourth-order valence-corrected chi connectivity index (χ4v) is 4.67. The second-order valence-electron chi connectivity index (χ2n) is 8.28. The number of sulfonamides is 1. The molecule has 0 aliphatic carbocycles. The van der Waals surface area contributed by atoms with Crippen molar-refractivity contribution in [2.45, 2.75) is 39.3 Å². The number of hydrogen-bond donors (Lipinski definition) is 1. The Bertz CT molecular complexity index is 1160. The maximum absolute atomic E-state index is 13.5. The third-order valence-electron chi connectivity index (χ3n) is 5.59. The summed E-state index contributed by atoms with van der Waals surface area (Å²) in [5.74, 6) is 0.105. The van der Waals surface area contributed by atoms with Crippen molar-refractivity contribution >= 4 is 43.5 Å². The molecule has 0 saturated carbocycles. The zero-order valence-electron chi connectivity index (χ0n) is 20.0. The molecule has 0 radical (unpaired) electrons. The Morgan fingerprint density at radius 3 is 2.46 bits per heavy atom. The lowest BCUT2D eigenvalue weighted by atomic mass is 10.1. The van der Waals surface area contributed by atoms with E-state index < -0.39 is 28.5 Å². The molecule has 1 aliphatic heterocycles. The predicted octanol–water partition coefficient (Wildman–Crippen LogP) is 3.28. The number of ether oxygens (including phenoxy) is 2. The average Bonchev–Trinajstić information content (AvgIpc) is 3.29. The number of hydrogen-bond acceptors (Lipinski definition) is 6. The third-order valence-corrected chi connectivity index (χ3v) is 7.26. The molecule has 11 heteroatoms. The van der Waals surface area contributed by atoms with Gasteiger partial charge in [-0.1, -0.05) is 41.4 Å². The molecule has 1 aliphatic rings. The van der Waals surface area contributed by atoms with Crippen LogP contribution in [-0.2, 0) is 26.2 Å². The summed E-state index contributed by atoms with van der Waals surface area (Å²) in [5, 5.41) is 2.85. The summed E-state index contributed by atoms with van der Waals surface area (Å²) in [6.45, 7) is 3.89. The van der Waals surface area contributed by atoms with Crippen molar-refractivity contribution < 1.29 is 27.5 Å². The highest BCUT2D eigenvalue weighted by Crippen LogP contribution is 2.36. The minimum atomic E-state index is -3.82. The van der Waals surface area contributed by atoms with Crippen LogP contribution < -0.4 is 19.1 Å². The average molecular weight is 568 g/mol. The van der Waals surface area contributed by atoms with E-state index in [9.17, 15) is 18.0 Å². The van der Waals surface area contributed by atoms with Gasteiger partial charge >= 0.3 is 0 Å². The molecule has 9 nitrogen and oxygen atoms in total. The molecule has 0 unspecified atom stereocenters. The molecule has 35 heavy (non-hydrogen) atoms. The van der Waals surface area contributed by atoms with Crippen LogP contribution in [0, 0.1) is 0 Å². The van der Waals surface area contributed by atoms with Gasteiger partial charge in [0, 0.05) is 23.6 Å². The van der Waals surface area contributed by atoms with Crippen molar-refractivity contribution in [1.82, 2.24) is 10.2 Å². The van der Waals surface area contributed by atoms with Crippen LogP contribution in [-0.4, -0.2) is 57.3 Å². The van der Waals surface area contributed by atoms with Gasteiger partial charge in [0.05, 0.1) is 11.9 Å². The molecule has 0 fully saturated rings. The Balaban J connectivity index is 1.87. The molecule has 1 N–H and O–H groups in total. The molecular formula is C24H30BrN3O6S. The van der Waals surface area contributed by atoms with Crippen LogP contribution in [0.1, 0.15) is 32.3 Å². The number of nitrogens with one attached hydrogen (secondary N) is 1. The Hall–Kier alpha value is -2.79. The van der Waals surface area contributed by atoms with Crippen molar-refractivity contribution in [3.8, 4) is 11.5 Å². The first-order chi connectivity index (χ1) is 16.6. The highest BCUT2D eigenvalue weighted by atomic mass is 79.9. The number of benzene rings is 2. The summed E-state index contributed by atoms with van der Waals surface area (Å²) in [4.78, 5) is 27.7. The Kier molecular flexibility index (Phi) is 9.01. The first-order valence-electron chi connectivity index (χ1n) is 11.3. The summed E-state index contributed by atoms with van der Waals surface area (Å²) < 4.78 is 37.9. The number of amides is 2. The normalized spacial score (nSPS) is 13.3. The molecule has 0 bridgehead atoms. The van der Waals surface area contributed by atoms with E-state index in [1.165, 1.54) is 11.0 Å². The highest BCUT2D eigenvalue weighted by molar-refractivity contribution is 9.10. The number of halogens is 1. The number of rotatable bonds is 11. The molecule has 0 aromatic heterocycles. The van der Waals surface area contributed by atoms with Gasteiger partial charge in [0.15, 0.2) is 11.5 Å². The maximum Gasteiger partial charge on any atom is 0.244 e. The van der Waals surface area contributed by atoms with E-state index in [0.717, 1.165) is 33.4 Å². The van der Waals surface area contributed by atoms with E-state index >= 15 is 0 Å². The third kappa shape index (κ3) is 7.11. The van der Waals surface area contributed by atoms with E-state index in [4.69, 9.17) is 9.47 Å². The molecule has 1 heterocycles. The van der Waals surface area contributed by atoms with E-state index in [1.807, 2.05) is 31.2 Å². The molecule has 2 aromatic carbocycles. The van der Waals surface area contributed by atoms with Crippen molar-refractivity contribution in [2.75, 3.05) is 30.4 Å². The van der Waals surface area contributed by atoms with Gasteiger partial charge in [-0.15, -0.1) is 0 Å². The van der Waals surface area contributed by atoms with E-state index in [1.54, 1.807) is 19.1 Å². The summed E-state index contributed by atoms with van der Waals surface area (Å²) in [5.41, 5.74) is 1.08. The van der Waals surface area contributed by atoms with Crippen LogP contribution in [0.15, 0.2) is 46.9 Å². The lowest BCUT2D eigenvalue weighted by molar-refractivity contribution is -0.139. The first kappa shape index (κ1) is 26.8. The fourth-order valence-electron chi connectivity index (χ4n) is 3.56. The minimum Gasteiger partial charge on any atom is -0.454 e. The highest BCUT2D eigenvalue weighted by Gasteiger charge is 2.30. The molecule has 1 atom stereocenters. The van der Waals surface area contributed by atoms with Gasteiger partial charge < -0.3 is 19.7 Å². The molecule has 0 saturated heterocycles. The smallest absolute Gasteiger partial charge is 0.244 e. The van der Waals surface area contributed by atoms with Crippen LogP contribution in [0.5, 0.6) is 11.5 Å². The number of carbonyl (C=O) groups excluding carboxylic acids is 2. The molecule has 190 valence electrons. The van der Waals surface area contributed by atoms with Crippen LogP contribution in [0.2, 0.25) is 0 Å². The number of fused-ring (bicyclic) bond motifs is 1. The summed E-state index contributed by atoms with van der Waals surface area (Å²) in [6.07, 6.45) is 2.78. The van der Waals surface area contributed by atoms with Crippen LogP contribution >= 0.6 is 15.9 Å². The largest absolute Gasteiger partial charge is 0.454 e. The van der Waals surface area contributed by atoms with E-state index in [0.29, 0.717) is 18.0 Å². The molecule has 3 rings (SSSR count). The summed E-state index contributed by atoms with van der Waals surface area (Å²) in [7, 11) is -3.82. The quantitative estimate of drug-likeness (QED) is 0.418. The van der Waals surface area contributed by atoms with Crippen LogP contribution in [0.4, 0.5) is 5.69 Å². The van der Waals surface area contributed by atoms with Crippen LogP contribution in [0.3, 0.4) is 0 Å². The number of unbranched alkanes of at least 4 members (excludes halogenated alkanes) is 1. The topological polar surface area (TPSA) is 105 Å². The lowest BCUT2D eigenvalue weighted by Gasteiger charge is -2.31. The van der Waals surface area contributed by atoms with Gasteiger partial charge in [0.1, 0.15) is 12.6 Å². The van der Waals surface area contributed by atoms with Gasteiger partial charge in [-0.3, -0.25) is 13.9 Å². The van der Waals surface area contributed by atoms with Gasteiger partial charge in [-0.2, -0.15) is 0 Å². The molecule has 0 spiro atoms. The minimum absolute atomic E-state index is 0.0439. The second-order valence-corrected chi connectivity index (χ2v) is 11.1.